The summed E-state index contributed by atoms with van der Waals surface area (Å²) in [5, 5.41) is 19.5. The molecule has 1 aromatic carbocycles. The minimum atomic E-state index is -0.782. The Morgan fingerprint density at radius 1 is 1.38 bits per heavy atom. The lowest BCUT2D eigenvalue weighted by Crippen LogP contribution is -2.39. The molecular formula is C16H22FNO3. The summed E-state index contributed by atoms with van der Waals surface area (Å²) < 4.78 is 13.4. The summed E-state index contributed by atoms with van der Waals surface area (Å²) in [6.07, 6.45) is 0.570. The Bertz CT molecular complexity index is 546. The second-order valence-electron chi connectivity index (χ2n) is 6.22. The van der Waals surface area contributed by atoms with Crippen LogP contribution in [0, 0.1) is 17.2 Å². The number of benzene rings is 1. The Hall–Kier alpha value is -1.62. The summed E-state index contributed by atoms with van der Waals surface area (Å²) in [5.41, 5.74) is -0.267. The van der Waals surface area contributed by atoms with Crippen LogP contribution < -0.4 is 0 Å². The van der Waals surface area contributed by atoms with Gasteiger partial charge in [0.25, 0.3) is 0 Å². The lowest BCUT2D eigenvalue weighted by molar-refractivity contribution is -0.151. The third-order valence-corrected chi connectivity index (χ3v) is 4.85. The van der Waals surface area contributed by atoms with Gasteiger partial charge in [-0.15, -0.1) is 0 Å². The zero-order valence-corrected chi connectivity index (χ0v) is 12.6. The van der Waals surface area contributed by atoms with E-state index in [2.05, 4.69) is 0 Å². The Morgan fingerprint density at radius 3 is 2.57 bits per heavy atom. The van der Waals surface area contributed by atoms with Crippen molar-refractivity contribution < 1.29 is 19.4 Å². The van der Waals surface area contributed by atoms with Crippen molar-refractivity contribution in [1.29, 1.82) is 0 Å². The zero-order valence-electron chi connectivity index (χ0n) is 12.6. The minimum absolute atomic E-state index is 0.0216. The number of phenols is 1. The number of rotatable bonds is 4. The summed E-state index contributed by atoms with van der Waals surface area (Å²) in [7, 11) is 0. The van der Waals surface area contributed by atoms with Gasteiger partial charge in [-0.05, 0) is 44.0 Å². The maximum atomic E-state index is 13.4. The standard InChI is InChI=1S/C16H22FNO3/c1-10(2)16(15(20)21)6-7-18(9-16)11(3)13-8-12(17)4-5-14(13)19/h4-5,8,10-11,19H,6-7,9H2,1-3H3,(H,20,21). The molecule has 0 bridgehead atoms. The van der Waals surface area contributed by atoms with Crippen LogP contribution in [0.1, 0.15) is 38.8 Å². The van der Waals surface area contributed by atoms with E-state index in [1.54, 1.807) is 0 Å². The van der Waals surface area contributed by atoms with Crippen molar-refractivity contribution in [3.63, 3.8) is 0 Å². The number of likely N-dealkylation sites (tertiary alicyclic amines) is 1. The molecule has 21 heavy (non-hydrogen) atoms. The molecule has 1 heterocycles. The van der Waals surface area contributed by atoms with Crippen LogP contribution in [0.25, 0.3) is 0 Å². The molecule has 0 amide bonds. The molecule has 0 saturated carbocycles. The number of aliphatic carboxylic acids is 1. The Labute approximate surface area is 124 Å². The summed E-state index contributed by atoms with van der Waals surface area (Å²) in [6, 6.07) is 3.64. The number of hydrogen-bond acceptors (Lipinski definition) is 3. The van der Waals surface area contributed by atoms with E-state index in [4.69, 9.17) is 0 Å². The Morgan fingerprint density at radius 2 is 2.05 bits per heavy atom. The molecule has 1 fully saturated rings. The van der Waals surface area contributed by atoms with E-state index in [1.807, 2.05) is 25.7 Å². The molecule has 1 saturated heterocycles. The summed E-state index contributed by atoms with van der Waals surface area (Å²) in [4.78, 5) is 13.7. The number of carboxylic acid groups (broad SMARTS) is 1. The SMILES string of the molecule is CC(c1cc(F)ccc1O)N1CCC(C(=O)O)(C(C)C)C1. The number of phenolic OH excluding ortho intramolecular Hbond substituents is 1. The van der Waals surface area contributed by atoms with Gasteiger partial charge in [0.15, 0.2) is 0 Å². The van der Waals surface area contributed by atoms with Gasteiger partial charge in [0, 0.05) is 18.2 Å². The van der Waals surface area contributed by atoms with Gasteiger partial charge in [-0.3, -0.25) is 9.69 Å². The molecule has 0 aromatic heterocycles. The smallest absolute Gasteiger partial charge is 0.311 e. The normalized spacial score (nSPS) is 24.4. The Balaban J connectivity index is 2.24. The molecule has 116 valence electrons. The van der Waals surface area contributed by atoms with Crippen molar-refractivity contribution in [1.82, 2.24) is 4.90 Å². The van der Waals surface area contributed by atoms with Crippen LogP contribution in [0.5, 0.6) is 5.75 Å². The highest BCUT2D eigenvalue weighted by Crippen LogP contribution is 2.42. The molecular weight excluding hydrogens is 273 g/mol. The number of carbonyl (C=O) groups is 1. The first kappa shape index (κ1) is 15.8. The van der Waals surface area contributed by atoms with E-state index in [9.17, 15) is 19.4 Å². The van der Waals surface area contributed by atoms with Crippen LogP contribution in [0.3, 0.4) is 0 Å². The molecule has 2 atom stereocenters. The van der Waals surface area contributed by atoms with Crippen LogP contribution in [0.2, 0.25) is 0 Å². The van der Waals surface area contributed by atoms with Crippen molar-refractivity contribution >= 4 is 5.97 Å². The number of nitrogens with zero attached hydrogens (tertiary/aromatic N) is 1. The molecule has 2 unspecified atom stereocenters. The first-order chi connectivity index (χ1) is 9.78. The predicted molar refractivity (Wildman–Crippen MR) is 77.6 cm³/mol. The van der Waals surface area contributed by atoms with Crippen LogP contribution in [-0.2, 0) is 4.79 Å². The van der Waals surface area contributed by atoms with E-state index in [-0.39, 0.29) is 17.7 Å². The molecule has 0 aliphatic carbocycles. The molecule has 5 heteroatoms. The van der Waals surface area contributed by atoms with Crippen molar-refractivity contribution in [2.75, 3.05) is 13.1 Å². The van der Waals surface area contributed by atoms with Crippen LogP contribution >= 0.6 is 0 Å². The quantitative estimate of drug-likeness (QED) is 0.896. The van der Waals surface area contributed by atoms with Crippen molar-refractivity contribution in [2.24, 2.45) is 11.3 Å². The number of hydrogen-bond donors (Lipinski definition) is 2. The van der Waals surface area contributed by atoms with Gasteiger partial charge < -0.3 is 10.2 Å². The summed E-state index contributed by atoms with van der Waals surface area (Å²) in [5.74, 6) is -1.12. The topological polar surface area (TPSA) is 60.8 Å². The van der Waals surface area contributed by atoms with Crippen LogP contribution in [0.15, 0.2) is 18.2 Å². The van der Waals surface area contributed by atoms with Gasteiger partial charge in [-0.1, -0.05) is 13.8 Å². The van der Waals surface area contributed by atoms with E-state index in [0.717, 1.165) is 0 Å². The van der Waals surface area contributed by atoms with E-state index in [1.165, 1.54) is 18.2 Å². The van der Waals surface area contributed by atoms with Gasteiger partial charge >= 0.3 is 5.97 Å². The van der Waals surface area contributed by atoms with E-state index < -0.39 is 17.2 Å². The number of carboxylic acids is 1. The highest BCUT2D eigenvalue weighted by atomic mass is 19.1. The molecule has 1 aliphatic heterocycles. The van der Waals surface area contributed by atoms with Crippen molar-refractivity contribution in [3.05, 3.63) is 29.6 Å². The molecule has 1 aliphatic rings. The molecule has 1 aromatic rings. The molecule has 2 rings (SSSR count). The fourth-order valence-corrected chi connectivity index (χ4v) is 3.14. The van der Waals surface area contributed by atoms with Gasteiger partial charge in [0.1, 0.15) is 11.6 Å². The van der Waals surface area contributed by atoms with Gasteiger partial charge in [0.05, 0.1) is 5.41 Å². The molecule has 4 nitrogen and oxygen atoms in total. The zero-order chi connectivity index (χ0) is 15.8. The monoisotopic (exact) mass is 295 g/mol. The summed E-state index contributed by atoms with van der Waals surface area (Å²) >= 11 is 0. The first-order valence-electron chi connectivity index (χ1n) is 7.24. The predicted octanol–water partition coefficient (Wildman–Crippen LogP) is 3.03. The van der Waals surface area contributed by atoms with Crippen molar-refractivity contribution in [3.8, 4) is 5.75 Å². The molecule has 0 spiro atoms. The Kier molecular flexibility index (Phi) is 4.23. The van der Waals surface area contributed by atoms with E-state index >= 15 is 0 Å². The van der Waals surface area contributed by atoms with Gasteiger partial charge in [0.2, 0.25) is 0 Å². The van der Waals surface area contributed by atoms with E-state index in [0.29, 0.717) is 25.1 Å². The van der Waals surface area contributed by atoms with Gasteiger partial charge in [-0.2, -0.15) is 0 Å². The molecule has 0 radical (unpaired) electrons. The fraction of sp³-hybridized carbons (Fsp3) is 0.562. The second kappa shape index (κ2) is 5.64. The molecule has 2 N–H and O–H groups in total. The van der Waals surface area contributed by atoms with Crippen molar-refractivity contribution in [2.45, 2.75) is 33.2 Å². The third-order valence-electron chi connectivity index (χ3n) is 4.85. The highest BCUT2D eigenvalue weighted by molar-refractivity contribution is 5.75. The fourth-order valence-electron chi connectivity index (χ4n) is 3.14. The maximum absolute atomic E-state index is 13.4. The number of halogens is 1. The van der Waals surface area contributed by atoms with Crippen LogP contribution in [0.4, 0.5) is 4.39 Å². The lowest BCUT2D eigenvalue weighted by Gasteiger charge is -2.31. The van der Waals surface area contributed by atoms with Crippen LogP contribution in [-0.4, -0.2) is 34.2 Å². The third kappa shape index (κ3) is 2.75. The number of aromatic hydroxyl groups is 1. The lowest BCUT2D eigenvalue weighted by atomic mass is 9.76. The van der Waals surface area contributed by atoms with Gasteiger partial charge in [-0.25, -0.2) is 4.39 Å². The maximum Gasteiger partial charge on any atom is 0.311 e. The second-order valence-corrected chi connectivity index (χ2v) is 6.22. The average Bonchev–Trinajstić information content (AvgIpc) is 2.87. The minimum Gasteiger partial charge on any atom is -0.508 e. The highest BCUT2D eigenvalue weighted by Gasteiger charge is 2.48. The average molecular weight is 295 g/mol. The summed E-state index contributed by atoms with van der Waals surface area (Å²) in [6.45, 7) is 6.75. The first-order valence-corrected chi connectivity index (χ1v) is 7.24. The largest absolute Gasteiger partial charge is 0.508 e.